The van der Waals surface area contributed by atoms with Crippen LogP contribution in [0, 0.1) is 0 Å². The molecular formula is C26H17Cl3N2O6. The highest BCUT2D eigenvalue weighted by Crippen LogP contribution is 2.36. The first-order valence-corrected chi connectivity index (χ1v) is 11.8. The highest BCUT2D eigenvalue weighted by atomic mass is 35.5. The van der Waals surface area contributed by atoms with Gasteiger partial charge >= 0.3 is 12.0 Å². The lowest BCUT2D eigenvalue weighted by molar-refractivity contribution is -0.122. The molecule has 1 saturated heterocycles. The van der Waals surface area contributed by atoms with Crippen molar-refractivity contribution in [3.05, 3.63) is 98.0 Å². The zero-order chi connectivity index (χ0) is 26.7. The number of carbonyl (C=O) groups is 4. The fraction of sp³-hybridized carbons (Fsp3) is 0.0769. The molecule has 0 bridgehead atoms. The number of urea groups is 1. The minimum absolute atomic E-state index is 0.148. The lowest BCUT2D eigenvalue weighted by atomic mass is 10.1. The van der Waals surface area contributed by atoms with Gasteiger partial charge in [0.1, 0.15) is 12.2 Å². The molecule has 0 unspecified atom stereocenters. The number of anilines is 1. The van der Waals surface area contributed by atoms with E-state index in [1.54, 1.807) is 18.2 Å². The predicted octanol–water partition coefficient (Wildman–Crippen LogP) is 5.68. The monoisotopic (exact) mass is 558 g/mol. The smallest absolute Gasteiger partial charge is 0.337 e. The third-order valence-corrected chi connectivity index (χ3v) is 6.05. The van der Waals surface area contributed by atoms with E-state index in [0.29, 0.717) is 10.6 Å². The predicted molar refractivity (Wildman–Crippen MR) is 139 cm³/mol. The number of nitrogens with zero attached hydrogens (tertiary/aromatic N) is 1. The Bertz CT molecular complexity index is 1430. The molecule has 4 amide bonds. The van der Waals surface area contributed by atoms with E-state index >= 15 is 0 Å². The van der Waals surface area contributed by atoms with Crippen LogP contribution in [-0.4, -0.2) is 30.9 Å². The summed E-state index contributed by atoms with van der Waals surface area (Å²) < 4.78 is 10.4. The van der Waals surface area contributed by atoms with Crippen molar-refractivity contribution < 1.29 is 28.7 Å². The van der Waals surface area contributed by atoms with Gasteiger partial charge in [0, 0.05) is 5.02 Å². The normalized spacial score (nSPS) is 14.5. The highest BCUT2D eigenvalue weighted by molar-refractivity contribution is 6.40. The molecule has 0 aromatic heterocycles. The van der Waals surface area contributed by atoms with Gasteiger partial charge in [-0.1, -0.05) is 46.9 Å². The summed E-state index contributed by atoms with van der Waals surface area (Å²) in [5, 5.41) is 2.98. The highest BCUT2D eigenvalue weighted by Gasteiger charge is 2.37. The van der Waals surface area contributed by atoms with Gasteiger partial charge in [-0.2, -0.15) is 0 Å². The summed E-state index contributed by atoms with van der Waals surface area (Å²) in [4.78, 5) is 50.5. The topological polar surface area (TPSA) is 102 Å². The SMILES string of the molecule is COC(=O)c1ccc(N2C(=O)NC(=O)/C(=C\c3cc(Cl)c(OCc4cccc(Cl)c4)c(Cl)c3)C2=O)cc1. The van der Waals surface area contributed by atoms with Gasteiger partial charge in [-0.3, -0.25) is 14.9 Å². The molecule has 3 aromatic carbocycles. The van der Waals surface area contributed by atoms with E-state index in [4.69, 9.17) is 39.5 Å². The molecule has 3 aromatic rings. The summed E-state index contributed by atoms with van der Waals surface area (Å²) in [7, 11) is 1.23. The molecule has 11 heteroatoms. The van der Waals surface area contributed by atoms with Crippen LogP contribution in [0.15, 0.2) is 66.2 Å². The van der Waals surface area contributed by atoms with Crippen LogP contribution < -0.4 is 15.0 Å². The number of ether oxygens (including phenoxy) is 2. The van der Waals surface area contributed by atoms with Gasteiger partial charge in [0.25, 0.3) is 11.8 Å². The van der Waals surface area contributed by atoms with Gasteiger partial charge in [-0.15, -0.1) is 0 Å². The number of methoxy groups -OCH3 is 1. The van der Waals surface area contributed by atoms with Crippen molar-refractivity contribution in [1.29, 1.82) is 0 Å². The number of hydrogen-bond acceptors (Lipinski definition) is 6. The van der Waals surface area contributed by atoms with Crippen molar-refractivity contribution in [2.24, 2.45) is 0 Å². The average molecular weight is 560 g/mol. The maximum Gasteiger partial charge on any atom is 0.337 e. The fourth-order valence-electron chi connectivity index (χ4n) is 3.51. The van der Waals surface area contributed by atoms with Crippen LogP contribution in [0.25, 0.3) is 6.08 Å². The first kappa shape index (κ1) is 26.2. The number of rotatable bonds is 6. The number of esters is 1. The Morgan fingerprint density at radius 2 is 1.65 bits per heavy atom. The third-order valence-electron chi connectivity index (χ3n) is 5.25. The summed E-state index contributed by atoms with van der Waals surface area (Å²) in [5.41, 5.74) is 1.19. The first-order valence-electron chi connectivity index (χ1n) is 10.6. The second-order valence-corrected chi connectivity index (χ2v) is 8.98. The number of nitrogens with one attached hydrogen (secondary N) is 1. The molecule has 1 N–H and O–H groups in total. The number of barbiturate groups is 1. The first-order chi connectivity index (χ1) is 17.7. The Morgan fingerprint density at radius 3 is 2.27 bits per heavy atom. The molecule has 1 aliphatic rings. The molecule has 8 nitrogen and oxygen atoms in total. The summed E-state index contributed by atoms with van der Waals surface area (Å²) in [5.74, 6) is -2.11. The lowest BCUT2D eigenvalue weighted by Crippen LogP contribution is -2.54. The van der Waals surface area contributed by atoms with Gasteiger partial charge in [0.15, 0.2) is 5.75 Å². The summed E-state index contributed by atoms with van der Waals surface area (Å²) in [6.07, 6.45) is 1.26. The van der Waals surface area contributed by atoms with Crippen LogP contribution >= 0.6 is 34.8 Å². The molecule has 0 radical (unpaired) electrons. The molecule has 1 heterocycles. The van der Waals surface area contributed by atoms with E-state index in [1.165, 1.54) is 49.6 Å². The Balaban J connectivity index is 1.59. The number of imide groups is 2. The number of benzene rings is 3. The molecule has 4 rings (SSSR count). The summed E-state index contributed by atoms with van der Waals surface area (Å²) in [6.45, 7) is 0.160. The molecule has 1 aliphatic heterocycles. The van der Waals surface area contributed by atoms with Gasteiger partial charge in [0.05, 0.1) is 28.4 Å². The van der Waals surface area contributed by atoms with E-state index in [-0.39, 0.29) is 39.2 Å². The third kappa shape index (κ3) is 5.77. The summed E-state index contributed by atoms with van der Waals surface area (Å²) in [6, 6.07) is 14.7. The number of carbonyl (C=O) groups excluding carboxylic acids is 4. The largest absolute Gasteiger partial charge is 0.486 e. The van der Waals surface area contributed by atoms with Gasteiger partial charge in [-0.25, -0.2) is 14.5 Å². The quantitative estimate of drug-likeness (QED) is 0.237. The second kappa shape index (κ2) is 11.0. The summed E-state index contributed by atoms with van der Waals surface area (Å²) >= 11 is 18.7. The number of amides is 4. The van der Waals surface area contributed by atoms with Gasteiger partial charge in [0.2, 0.25) is 0 Å². The Kier molecular flexibility index (Phi) is 7.83. The lowest BCUT2D eigenvalue weighted by Gasteiger charge is -2.26. The minimum Gasteiger partial charge on any atom is -0.486 e. The Morgan fingerprint density at radius 1 is 0.973 bits per heavy atom. The van der Waals surface area contributed by atoms with Crippen LogP contribution in [0.1, 0.15) is 21.5 Å². The van der Waals surface area contributed by atoms with E-state index in [9.17, 15) is 19.2 Å². The van der Waals surface area contributed by atoms with Crippen LogP contribution in [0.2, 0.25) is 15.1 Å². The van der Waals surface area contributed by atoms with Crippen LogP contribution in [0.3, 0.4) is 0 Å². The minimum atomic E-state index is -0.932. The Hall–Kier alpha value is -3.85. The van der Waals surface area contributed by atoms with E-state index in [1.807, 2.05) is 6.07 Å². The van der Waals surface area contributed by atoms with Crippen molar-refractivity contribution in [3.8, 4) is 5.75 Å². The zero-order valence-corrected chi connectivity index (χ0v) is 21.4. The zero-order valence-electron chi connectivity index (χ0n) is 19.1. The van der Waals surface area contributed by atoms with E-state index in [2.05, 4.69) is 10.1 Å². The van der Waals surface area contributed by atoms with Crippen LogP contribution in [0.5, 0.6) is 5.75 Å². The van der Waals surface area contributed by atoms with Crippen molar-refractivity contribution in [2.45, 2.75) is 6.61 Å². The van der Waals surface area contributed by atoms with E-state index in [0.717, 1.165) is 10.5 Å². The standard InChI is InChI=1S/C26H17Cl3N2O6/c1-36-25(34)16-5-7-18(8-6-16)31-24(33)19(23(32)30-26(31)35)10-15-11-20(28)22(21(29)12-15)37-13-14-3-2-4-17(27)9-14/h2-12H,13H2,1H3,(H,30,32,35)/b19-10+. The number of halogens is 3. The van der Waals surface area contributed by atoms with Gasteiger partial charge < -0.3 is 9.47 Å². The van der Waals surface area contributed by atoms with Crippen molar-refractivity contribution in [2.75, 3.05) is 12.0 Å². The van der Waals surface area contributed by atoms with Crippen molar-refractivity contribution in [1.82, 2.24) is 5.32 Å². The number of hydrogen-bond donors (Lipinski definition) is 1. The molecular weight excluding hydrogens is 543 g/mol. The van der Waals surface area contributed by atoms with Crippen LogP contribution in [0.4, 0.5) is 10.5 Å². The van der Waals surface area contributed by atoms with Crippen molar-refractivity contribution >= 4 is 70.4 Å². The molecule has 0 aliphatic carbocycles. The van der Waals surface area contributed by atoms with Crippen LogP contribution in [-0.2, 0) is 20.9 Å². The van der Waals surface area contributed by atoms with E-state index < -0.39 is 23.8 Å². The molecule has 0 saturated carbocycles. The molecule has 37 heavy (non-hydrogen) atoms. The van der Waals surface area contributed by atoms with Gasteiger partial charge in [-0.05, 0) is 65.7 Å². The molecule has 0 atom stereocenters. The Labute approximate surface area is 226 Å². The molecule has 1 fully saturated rings. The molecule has 188 valence electrons. The van der Waals surface area contributed by atoms with Crippen molar-refractivity contribution in [3.63, 3.8) is 0 Å². The fourth-order valence-corrected chi connectivity index (χ4v) is 4.33. The maximum atomic E-state index is 13.1. The maximum absolute atomic E-state index is 13.1. The molecule has 0 spiro atoms. The average Bonchev–Trinajstić information content (AvgIpc) is 2.86. The second-order valence-electron chi connectivity index (χ2n) is 7.73.